The number of hydrogen-bond donors (Lipinski definition) is 3. The van der Waals surface area contributed by atoms with E-state index in [0.717, 1.165) is 25.9 Å². The van der Waals surface area contributed by atoms with E-state index < -0.39 is 11.9 Å². The summed E-state index contributed by atoms with van der Waals surface area (Å²) in [5.74, 6) is -0.758. The van der Waals surface area contributed by atoms with Crippen LogP contribution < -0.4 is 10.6 Å². The highest BCUT2D eigenvalue weighted by molar-refractivity contribution is 5.76. The molecule has 2 atom stereocenters. The SMILES string of the molecule is CC(C)COCCCNC(=O)NC1CCCC1C(=O)O. The smallest absolute Gasteiger partial charge is 0.315 e. The second-order valence-corrected chi connectivity index (χ2v) is 5.70. The number of carboxylic acids is 1. The van der Waals surface area contributed by atoms with Crippen LogP contribution in [0.4, 0.5) is 4.79 Å². The maximum absolute atomic E-state index is 11.7. The lowest BCUT2D eigenvalue weighted by atomic mass is 10.0. The zero-order valence-electron chi connectivity index (χ0n) is 12.4. The molecule has 6 heteroatoms. The number of carbonyl (C=O) groups excluding carboxylic acids is 1. The van der Waals surface area contributed by atoms with E-state index in [1.54, 1.807) is 0 Å². The van der Waals surface area contributed by atoms with Crippen molar-refractivity contribution in [2.45, 2.75) is 45.6 Å². The predicted octanol–water partition coefficient (Wildman–Crippen LogP) is 1.60. The van der Waals surface area contributed by atoms with Crippen LogP contribution >= 0.6 is 0 Å². The van der Waals surface area contributed by atoms with Gasteiger partial charge in [-0.15, -0.1) is 0 Å². The summed E-state index contributed by atoms with van der Waals surface area (Å²) in [7, 11) is 0. The number of carbonyl (C=O) groups is 2. The summed E-state index contributed by atoms with van der Waals surface area (Å²) >= 11 is 0. The highest BCUT2D eigenvalue weighted by atomic mass is 16.5. The van der Waals surface area contributed by atoms with Crippen LogP contribution in [0, 0.1) is 11.8 Å². The van der Waals surface area contributed by atoms with Gasteiger partial charge in [-0.2, -0.15) is 0 Å². The molecule has 116 valence electrons. The summed E-state index contributed by atoms with van der Waals surface area (Å²) in [6.07, 6.45) is 2.99. The standard InChI is InChI=1S/C14H26N2O4/c1-10(2)9-20-8-4-7-15-14(19)16-12-6-3-5-11(12)13(17)18/h10-12H,3-9H2,1-2H3,(H,17,18)(H2,15,16,19). The number of amides is 2. The van der Waals surface area contributed by atoms with Crippen LogP contribution in [-0.2, 0) is 9.53 Å². The number of hydrogen-bond acceptors (Lipinski definition) is 3. The molecule has 20 heavy (non-hydrogen) atoms. The lowest BCUT2D eigenvalue weighted by molar-refractivity contribution is -0.142. The minimum atomic E-state index is -0.824. The van der Waals surface area contributed by atoms with E-state index in [1.165, 1.54) is 0 Å². The number of ether oxygens (including phenoxy) is 1. The van der Waals surface area contributed by atoms with Gasteiger partial charge in [0.2, 0.25) is 0 Å². The van der Waals surface area contributed by atoms with Crippen LogP contribution in [-0.4, -0.2) is 42.9 Å². The van der Waals surface area contributed by atoms with Gasteiger partial charge in [0.1, 0.15) is 0 Å². The van der Waals surface area contributed by atoms with Gasteiger partial charge in [0.15, 0.2) is 0 Å². The van der Waals surface area contributed by atoms with E-state index >= 15 is 0 Å². The Balaban J connectivity index is 2.10. The van der Waals surface area contributed by atoms with Crippen molar-refractivity contribution in [3.63, 3.8) is 0 Å². The Bertz CT molecular complexity index is 320. The second-order valence-electron chi connectivity index (χ2n) is 5.70. The third-order valence-electron chi connectivity index (χ3n) is 3.35. The van der Waals surface area contributed by atoms with Crippen molar-refractivity contribution >= 4 is 12.0 Å². The molecule has 0 aliphatic heterocycles. The third-order valence-corrected chi connectivity index (χ3v) is 3.35. The van der Waals surface area contributed by atoms with E-state index in [-0.39, 0.29) is 12.1 Å². The van der Waals surface area contributed by atoms with Crippen molar-refractivity contribution in [2.24, 2.45) is 11.8 Å². The first-order valence-electron chi connectivity index (χ1n) is 7.35. The third kappa shape index (κ3) is 6.23. The lowest BCUT2D eigenvalue weighted by Gasteiger charge is -2.18. The average molecular weight is 286 g/mol. The summed E-state index contributed by atoms with van der Waals surface area (Å²) < 4.78 is 5.41. The molecule has 0 aromatic heterocycles. The Hall–Kier alpha value is -1.30. The summed E-state index contributed by atoms with van der Waals surface area (Å²) in [4.78, 5) is 22.6. The van der Waals surface area contributed by atoms with Crippen LogP contribution in [0.1, 0.15) is 39.5 Å². The molecule has 0 saturated heterocycles. The van der Waals surface area contributed by atoms with Gasteiger partial charge in [-0.25, -0.2) is 4.79 Å². The largest absolute Gasteiger partial charge is 0.481 e. The van der Waals surface area contributed by atoms with Crippen LogP contribution in [0.5, 0.6) is 0 Å². The molecule has 2 amide bonds. The van der Waals surface area contributed by atoms with Crippen molar-refractivity contribution in [3.05, 3.63) is 0 Å². The maximum atomic E-state index is 11.7. The normalized spacial score (nSPS) is 21.9. The van der Waals surface area contributed by atoms with Gasteiger partial charge in [-0.1, -0.05) is 20.3 Å². The number of rotatable bonds is 8. The summed E-state index contributed by atoms with van der Waals surface area (Å²) in [5, 5.41) is 14.5. The zero-order chi connectivity index (χ0) is 15.0. The average Bonchev–Trinajstić information content (AvgIpc) is 2.81. The molecule has 0 spiro atoms. The first kappa shape index (κ1) is 16.8. The van der Waals surface area contributed by atoms with Crippen LogP contribution in [0.25, 0.3) is 0 Å². The molecule has 1 rings (SSSR count). The minimum absolute atomic E-state index is 0.246. The Morgan fingerprint density at radius 1 is 1.35 bits per heavy atom. The van der Waals surface area contributed by atoms with Crippen molar-refractivity contribution in [2.75, 3.05) is 19.8 Å². The first-order chi connectivity index (χ1) is 9.50. The maximum Gasteiger partial charge on any atom is 0.315 e. The number of carboxylic acid groups (broad SMARTS) is 1. The number of aliphatic carboxylic acids is 1. The summed E-state index contributed by atoms with van der Waals surface area (Å²) in [5.41, 5.74) is 0. The fraction of sp³-hybridized carbons (Fsp3) is 0.857. The molecule has 1 aliphatic rings. The zero-order valence-corrected chi connectivity index (χ0v) is 12.4. The van der Waals surface area contributed by atoms with Crippen LogP contribution in [0.15, 0.2) is 0 Å². The van der Waals surface area contributed by atoms with E-state index in [1.807, 2.05) is 0 Å². The topological polar surface area (TPSA) is 87.7 Å². The van der Waals surface area contributed by atoms with Crippen LogP contribution in [0.2, 0.25) is 0 Å². The van der Waals surface area contributed by atoms with E-state index in [4.69, 9.17) is 9.84 Å². The van der Waals surface area contributed by atoms with E-state index in [2.05, 4.69) is 24.5 Å². The van der Waals surface area contributed by atoms with Crippen molar-refractivity contribution < 1.29 is 19.4 Å². The highest BCUT2D eigenvalue weighted by Gasteiger charge is 2.33. The van der Waals surface area contributed by atoms with Gasteiger partial charge in [-0.3, -0.25) is 4.79 Å². The molecule has 0 heterocycles. The van der Waals surface area contributed by atoms with Crippen molar-refractivity contribution in [1.29, 1.82) is 0 Å². The Labute approximate surface area is 120 Å². The fourth-order valence-electron chi connectivity index (χ4n) is 2.34. The van der Waals surface area contributed by atoms with Gasteiger partial charge in [0, 0.05) is 25.8 Å². The highest BCUT2D eigenvalue weighted by Crippen LogP contribution is 2.25. The van der Waals surface area contributed by atoms with Gasteiger partial charge in [0.05, 0.1) is 5.92 Å². The Morgan fingerprint density at radius 2 is 2.10 bits per heavy atom. The van der Waals surface area contributed by atoms with E-state index in [0.29, 0.717) is 25.5 Å². The summed E-state index contributed by atoms with van der Waals surface area (Å²) in [6.45, 7) is 6.07. The predicted molar refractivity (Wildman–Crippen MR) is 75.6 cm³/mol. The van der Waals surface area contributed by atoms with Gasteiger partial charge < -0.3 is 20.5 Å². The molecule has 0 bridgehead atoms. The number of nitrogens with one attached hydrogen (secondary N) is 2. The van der Waals surface area contributed by atoms with Crippen molar-refractivity contribution in [1.82, 2.24) is 10.6 Å². The lowest BCUT2D eigenvalue weighted by Crippen LogP contribution is -2.45. The molecular weight excluding hydrogens is 260 g/mol. The molecular formula is C14H26N2O4. The molecule has 3 N–H and O–H groups in total. The Kier molecular flexibility index (Phi) is 7.36. The first-order valence-corrected chi connectivity index (χ1v) is 7.35. The quantitative estimate of drug-likeness (QED) is 0.591. The van der Waals surface area contributed by atoms with Gasteiger partial charge in [0.25, 0.3) is 0 Å². The van der Waals surface area contributed by atoms with Crippen molar-refractivity contribution in [3.8, 4) is 0 Å². The van der Waals surface area contributed by atoms with Gasteiger partial charge in [-0.05, 0) is 25.2 Å². The molecule has 0 aromatic carbocycles. The minimum Gasteiger partial charge on any atom is -0.481 e. The number of urea groups is 1. The summed E-state index contributed by atoms with van der Waals surface area (Å²) in [6, 6.07) is -0.531. The molecule has 0 radical (unpaired) electrons. The monoisotopic (exact) mass is 286 g/mol. The molecule has 1 saturated carbocycles. The van der Waals surface area contributed by atoms with Gasteiger partial charge >= 0.3 is 12.0 Å². The Morgan fingerprint density at radius 3 is 2.75 bits per heavy atom. The van der Waals surface area contributed by atoms with E-state index in [9.17, 15) is 9.59 Å². The fourth-order valence-corrected chi connectivity index (χ4v) is 2.34. The molecule has 1 fully saturated rings. The molecule has 2 unspecified atom stereocenters. The van der Waals surface area contributed by atoms with Crippen LogP contribution in [0.3, 0.4) is 0 Å². The molecule has 6 nitrogen and oxygen atoms in total. The molecule has 1 aliphatic carbocycles. The molecule has 0 aromatic rings. The second kappa shape index (κ2) is 8.79.